The summed E-state index contributed by atoms with van der Waals surface area (Å²) in [6.45, 7) is 2.57. The third kappa shape index (κ3) is 6.40. The molecule has 0 amide bonds. The average molecular weight is 439 g/mol. The number of benzene rings is 2. The first-order chi connectivity index (χ1) is 13.4. The van der Waals surface area contributed by atoms with Crippen molar-refractivity contribution < 1.29 is 9.47 Å². The van der Waals surface area contributed by atoms with Gasteiger partial charge in [0, 0.05) is 17.3 Å². The van der Waals surface area contributed by atoms with E-state index >= 15 is 0 Å². The van der Waals surface area contributed by atoms with Crippen LogP contribution in [0, 0.1) is 6.92 Å². The van der Waals surface area contributed by atoms with E-state index in [0.29, 0.717) is 33.3 Å². The summed E-state index contributed by atoms with van der Waals surface area (Å²) in [5.41, 5.74) is 8.56. The van der Waals surface area contributed by atoms with Gasteiger partial charge in [-0.1, -0.05) is 23.7 Å². The molecule has 0 fully saturated rings. The lowest BCUT2D eigenvalue weighted by molar-refractivity contribution is 0.354. The number of ether oxygens (including phenoxy) is 2. The van der Waals surface area contributed by atoms with Gasteiger partial charge in [-0.3, -0.25) is 10.9 Å². The molecule has 2 aromatic carbocycles. The number of hydrazine groups is 1. The van der Waals surface area contributed by atoms with E-state index in [4.69, 9.17) is 45.5 Å². The maximum atomic E-state index is 6.10. The molecule has 2 rings (SSSR count). The highest BCUT2D eigenvalue weighted by Gasteiger charge is 2.06. The largest absolute Gasteiger partial charge is 0.493 e. The Bertz CT molecular complexity index is 849. The minimum absolute atomic E-state index is 0.384. The predicted octanol–water partition coefficient (Wildman–Crippen LogP) is 3.57. The number of hydrogen-bond acceptors (Lipinski definition) is 4. The second-order valence-corrected chi connectivity index (χ2v) is 7.04. The first-order valence-electron chi connectivity index (χ1n) is 8.51. The van der Waals surface area contributed by atoms with Crippen LogP contribution in [0.5, 0.6) is 11.5 Å². The summed E-state index contributed by atoms with van der Waals surface area (Å²) in [4.78, 5) is 0. The highest BCUT2D eigenvalue weighted by Crippen LogP contribution is 2.27. The third-order valence-electron chi connectivity index (χ3n) is 3.95. The standard InChI is InChI=1S/C19H23ClN4O2S2/c1-12-14(20)5-4-6-15(12)22-19(28)24-23-18(27)21-10-9-13-7-8-16(25-2)17(11-13)26-3/h4-8,11H,9-10H2,1-3H3,(H2,21,23,27)(H2,22,24,28). The SMILES string of the molecule is COc1ccc(CCNC(=S)NNC(=S)Nc2cccc(Cl)c2C)cc1OC. The Balaban J connectivity index is 1.74. The molecule has 0 radical (unpaired) electrons. The monoisotopic (exact) mass is 438 g/mol. The van der Waals surface area contributed by atoms with Crippen molar-refractivity contribution in [2.24, 2.45) is 0 Å². The molecule has 0 heterocycles. The number of rotatable bonds is 6. The van der Waals surface area contributed by atoms with Gasteiger partial charge in [0.2, 0.25) is 0 Å². The zero-order valence-corrected chi connectivity index (χ0v) is 18.3. The Morgan fingerprint density at radius 3 is 2.43 bits per heavy atom. The van der Waals surface area contributed by atoms with E-state index in [-0.39, 0.29) is 0 Å². The summed E-state index contributed by atoms with van der Waals surface area (Å²) < 4.78 is 10.6. The molecule has 4 N–H and O–H groups in total. The normalized spacial score (nSPS) is 10.0. The van der Waals surface area contributed by atoms with E-state index in [2.05, 4.69) is 21.5 Å². The lowest BCUT2D eigenvalue weighted by atomic mass is 10.1. The molecule has 2 aromatic rings. The summed E-state index contributed by atoms with van der Waals surface area (Å²) in [7, 11) is 3.23. The van der Waals surface area contributed by atoms with Gasteiger partial charge >= 0.3 is 0 Å². The molecule has 0 unspecified atom stereocenters. The molecule has 0 bridgehead atoms. The van der Waals surface area contributed by atoms with Crippen molar-refractivity contribution in [3.63, 3.8) is 0 Å². The summed E-state index contributed by atoms with van der Waals surface area (Å²) in [6.07, 6.45) is 0.770. The smallest absolute Gasteiger partial charge is 0.189 e. The number of thiocarbonyl (C=S) groups is 2. The van der Waals surface area contributed by atoms with Crippen LogP contribution < -0.4 is 31.0 Å². The van der Waals surface area contributed by atoms with E-state index < -0.39 is 0 Å². The average Bonchev–Trinajstić information content (AvgIpc) is 2.69. The Hall–Kier alpha value is -2.29. The van der Waals surface area contributed by atoms with E-state index in [0.717, 1.165) is 23.2 Å². The summed E-state index contributed by atoms with van der Waals surface area (Å²) in [5, 5.41) is 7.68. The molecule has 0 saturated heterocycles. The topological polar surface area (TPSA) is 66.6 Å². The van der Waals surface area contributed by atoms with E-state index in [1.807, 2.05) is 43.3 Å². The van der Waals surface area contributed by atoms with Crippen LogP contribution in [0.15, 0.2) is 36.4 Å². The van der Waals surface area contributed by atoms with Gasteiger partial charge in [-0.15, -0.1) is 0 Å². The zero-order chi connectivity index (χ0) is 20.5. The number of anilines is 1. The van der Waals surface area contributed by atoms with Crippen LogP contribution in [0.2, 0.25) is 5.02 Å². The molecule has 6 nitrogen and oxygen atoms in total. The first kappa shape index (κ1) is 22.0. The van der Waals surface area contributed by atoms with Gasteiger partial charge in [-0.2, -0.15) is 0 Å². The Kier molecular flexibility index (Phi) is 8.56. The fourth-order valence-electron chi connectivity index (χ4n) is 2.41. The van der Waals surface area contributed by atoms with Crippen molar-refractivity contribution in [3.05, 3.63) is 52.5 Å². The van der Waals surface area contributed by atoms with Crippen LogP contribution in [0.3, 0.4) is 0 Å². The zero-order valence-electron chi connectivity index (χ0n) is 15.9. The molecular weight excluding hydrogens is 416 g/mol. The van der Waals surface area contributed by atoms with Crippen LogP contribution >= 0.6 is 36.0 Å². The van der Waals surface area contributed by atoms with Gasteiger partial charge in [0.1, 0.15) is 0 Å². The number of halogens is 1. The van der Waals surface area contributed by atoms with Crippen molar-refractivity contribution in [3.8, 4) is 11.5 Å². The molecular formula is C19H23ClN4O2S2. The van der Waals surface area contributed by atoms with Crippen LogP contribution in [-0.4, -0.2) is 31.0 Å². The Morgan fingerprint density at radius 2 is 1.71 bits per heavy atom. The second kappa shape index (κ2) is 10.9. The van der Waals surface area contributed by atoms with Gasteiger partial charge in [-0.25, -0.2) is 0 Å². The van der Waals surface area contributed by atoms with Gasteiger partial charge in [-0.05, 0) is 73.2 Å². The highest BCUT2D eigenvalue weighted by atomic mass is 35.5. The molecule has 0 saturated carbocycles. The number of nitrogens with one attached hydrogen (secondary N) is 4. The fraction of sp³-hybridized carbons (Fsp3) is 0.263. The molecule has 0 aromatic heterocycles. The van der Waals surface area contributed by atoms with Crippen molar-refractivity contribution in [1.82, 2.24) is 16.2 Å². The maximum absolute atomic E-state index is 6.10. The van der Waals surface area contributed by atoms with E-state index in [1.54, 1.807) is 14.2 Å². The third-order valence-corrected chi connectivity index (χ3v) is 4.81. The van der Waals surface area contributed by atoms with Gasteiger partial charge in [0.15, 0.2) is 21.7 Å². The van der Waals surface area contributed by atoms with Crippen molar-refractivity contribution in [2.45, 2.75) is 13.3 Å². The second-order valence-electron chi connectivity index (χ2n) is 5.81. The van der Waals surface area contributed by atoms with Crippen LogP contribution in [-0.2, 0) is 6.42 Å². The Labute approximate surface area is 180 Å². The lowest BCUT2D eigenvalue weighted by Gasteiger charge is -2.16. The lowest BCUT2D eigenvalue weighted by Crippen LogP contribution is -2.48. The molecule has 0 spiro atoms. The minimum atomic E-state index is 0.384. The van der Waals surface area contributed by atoms with Crippen LogP contribution in [0.1, 0.15) is 11.1 Å². The molecule has 9 heteroatoms. The van der Waals surface area contributed by atoms with Crippen molar-refractivity contribution in [2.75, 3.05) is 26.1 Å². The summed E-state index contributed by atoms with van der Waals surface area (Å²) >= 11 is 16.6. The van der Waals surface area contributed by atoms with E-state index in [1.165, 1.54) is 0 Å². The molecule has 0 atom stereocenters. The highest BCUT2D eigenvalue weighted by molar-refractivity contribution is 7.80. The summed E-state index contributed by atoms with van der Waals surface area (Å²) in [6, 6.07) is 11.4. The maximum Gasteiger partial charge on any atom is 0.189 e. The molecule has 0 aliphatic rings. The molecule has 0 aliphatic carbocycles. The fourth-order valence-corrected chi connectivity index (χ4v) is 2.90. The van der Waals surface area contributed by atoms with Gasteiger partial charge in [0.25, 0.3) is 0 Å². The van der Waals surface area contributed by atoms with Crippen molar-refractivity contribution >= 4 is 51.9 Å². The minimum Gasteiger partial charge on any atom is -0.493 e. The van der Waals surface area contributed by atoms with Gasteiger partial charge in [0.05, 0.1) is 14.2 Å². The van der Waals surface area contributed by atoms with Crippen LogP contribution in [0.25, 0.3) is 0 Å². The molecule has 150 valence electrons. The van der Waals surface area contributed by atoms with Crippen LogP contribution in [0.4, 0.5) is 5.69 Å². The van der Waals surface area contributed by atoms with E-state index in [9.17, 15) is 0 Å². The Morgan fingerprint density at radius 1 is 1.00 bits per heavy atom. The quantitative estimate of drug-likeness (QED) is 0.403. The summed E-state index contributed by atoms with van der Waals surface area (Å²) in [5.74, 6) is 1.41. The molecule has 0 aliphatic heterocycles. The van der Waals surface area contributed by atoms with Crippen molar-refractivity contribution in [1.29, 1.82) is 0 Å². The first-order valence-corrected chi connectivity index (χ1v) is 9.71. The predicted molar refractivity (Wildman–Crippen MR) is 123 cm³/mol. The van der Waals surface area contributed by atoms with Gasteiger partial charge < -0.3 is 20.1 Å². The molecule has 28 heavy (non-hydrogen) atoms. The number of methoxy groups -OCH3 is 2. The number of hydrogen-bond donors (Lipinski definition) is 4.